The molecule has 0 radical (unpaired) electrons. The van der Waals surface area contributed by atoms with E-state index in [4.69, 9.17) is 15.3 Å². The van der Waals surface area contributed by atoms with Crippen LogP contribution in [0.1, 0.15) is 26.7 Å². The Balaban J connectivity index is 0. The normalized spacial score (nSPS) is 10.9. The average Bonchev–Trinajstić information content (AvgIpc) is 2.04. The predicted molar refractivity (Wildman–Crippen MR) is 41.9 cm³/mol. The Hall–Kier alpha value is -1.10. The summed E-state index contributed by atoms with van der Waals surface area (Å²) >= 11 is 0. The molecule has 1 atom stereocenters. The van der Waals surface area contributed by atoms with Crippen molar-refractivity contribution in [1.82, 2.24) is 0 Å². The highest BCUT2D eigenvalue weighted by Gasteiger charge is 2.07. The number of hydrogen-bond donors (Lipinski definition) is 3. The van der Waals surface area contributed by atoms with Crippen molar-refractivity contribution < 1.29 is 24.9 Å². The van der Waals surface area contributed by atoms with Gasteiger partial charge in [0.05, 0.1) is 0 Å². The zero-order valence-corrected chi connectivity index (χ0v) is 7.15. The second kappa shape index (κ2) is 8.00. The first kappa shape index (κ1) is 13.5. The van der Waals surface area contributed by atoms with Crippen molar-refractivity contribution >= 4 is 11.9 Å². The molecule has 0 fully saturated rings. The molecule has 0 aromatic rings. The van der Waals surface area contributed by atoms with Gasteiger partial charge in [-0.25, -0.2) is 4.79 Å². The summed E-state index contributed by atoms with van der Waals surface area (Å²) in [6.45, 7) is 3.21. The lowest BCUT2D eigenvalue weighted by Gasteiger charge is -1.95. The third kappa shape index (κ3) is 11.7. The van der Waals surface area contributed by atoms with E-state index >= 15 is 0 Å². The molecule has 5 heteroatoms. The van der Waals surface area contributed by atoms with Crippen LogP contribution in [0.15, 0.2) is 0 Å². The average molecular weight is 178 g/mol. The fraction of sp³-hybridized carbons (Fsp3) is 0.714. The molecule has 0 aliphatic carbocycles. The van der Waals surface area contributed by atoms with Crippen LogP contribution in [0.4, 0.5) is 0 Å². The van der Waals surface area contributed by atoms with Crippen molar-refractivity contribution in [3.8, 4) is 0 Å². The lowest BCUT2D eigenvalue weighted by molar-refractivity contribution is -0.146. The summed E-state index contributed by atoms with van der Waals surface area (Å²) < 4.78 is 0. The number of carboxylic acids is 2. The molecule has 0 amide bonds. The summed E-state index contributed by atoms with van der Waals surface area (Å²) in [6, 6.07) is 0. The molecule has 3 N–H and O–H groups in total. The fourth-order valence-corrected chi connectivity index (χ4v) is 0.175. The van der Waals surface area contributed by atoms with E-state index in [-0.39, 0.29) is 12.8 Å². The zero-order valence-electron chi connectivity index (χ0n) is 7.15. The molecule has 1 unspecified atom stereocenters. The van der Waals surface area contributed by atoms with Crippen LogP contribution in [-0.4, -0.2) is 33.4 Å². The minimum absolute atomic E-state index is 0.222. The Morgan fingerprint density at radius 2 is 1.58 bits per heavy atom. The van der Waals surface area contributed by atoms with Gasteiger partial charge in [-0.1, -0.05) is 13.8 Å². The van der Waals surface area contributed by atoms with E-state index in [1.807, 2.05) is 0 Å². The van der Waals surface area contributed by atoms with Gasteiger partial charge >= 0.3 is 11.9 Å². The van der Waals surface area contributed by atoms with Crippen molar-refractivity contribution in [2.24, 2.45) is 0 Å². The van der Waals surface area contributed by atoms with Gasteiger partial charge in [-0.3, -0.25) is 4.79 Å². The zero-order chi connectivity index (χ0) is 10.1. The molecule has 72 valence electrons. The molecule has 0 bridgehead atoms. The molecule has 5 nitrogen and oxygen atoms in total. The van der Waals surface area contributed by atoms with Gasteiger partial charge in [0, 0.05) is 6.42 Å². The maximum Gasteiger partial charge on any atom is 0.332 e. The quantitative estimate of drug-likeness (QED) is 0.578. The number of carboxylic acid groups (broad SMARTS) is 2. The lowest BCUT2D eigenvalue weighted by atomic mass is 10.3. The van der Waals surface area contributed by atoms with Crippen LogP contribution in [0.5, 0.6) is 0 Å². The number of aliphatic carboxylic acids is 2. The van der Waals surface area contributed by atoms with E-state index in [9.17, 15) is 9.59 Å². The van der Waals surface area contributed by atoms with Crippen LogP contribution in [0, 0.1) is 0 Å². The molecular formula is C7H14O5. The first-order valence-electron chi connectivity index (χ1n) is 3.58. The molecule has 0 saturated heterocycles. The topological polar surface area (TPSA) is 94.8 Å². The number of hydrogen-bond acceptors (Lipinski definition) is 3. The van der Waals surface area contributed by atoms with E-state index in [1.165, 1.54) is 0 Å². The van der Waals surface area contributed by atoms with Crippen molar-refractivity contribution in [2.45, 2.75) is 32.8 Å². The maximum atomic E-state index is 9.68. The minimum Gasteiger partial charge on any atom is -0.481 e. The lowest BCUT2D eigenvalue weighted by Crippen LogP contribution is -2.17. The highest BCUT2D eigenvalue weighted by molar-refractivity contribution is 5.71. The molecule has 0 saturated carbocycles. The molecule has 0 spiro atoms. The smallest absolute Gasteiger partial charge is 0.332 e. The molecule has 0 aromatic heterocycles. The molecule has 0 aliphatic rings. The van der Waals surface area contributed by atoms with Crippen LogP contribution in [0.2, 0.25) is 0 Å². The van der Waals surface area contributed by atoms with Crippen molar-refractivity contribution in [1.29, 1.82) is 0 Å². The van der Waals surface area contributed by atoms with Gasteiger partial charge in [0.25, 0.3) is 0 Å². The Kier molecular flexibility index (Phi) is 8.99. The van der Waals surface area contributed by atoms with E-state index < -0.39 is 18.0 Å². The first-order valence-corrected chi connectivity index (χ1v) is 3.58. The SMILES string of the molecule is CCC(=O)O.CCC(O)C(=O)O. The second-order valence-corrected chi connectivity index (χ2v) is 2.01. The van der Waals surface area contributed by atoms with E-state index in [2.05, 4.69) is 0 Å². The Morgan fingerprint density at radius 3 is 1.58 bits per heavy atom. The van der Waals surface area contributed by atoms with Gasteiger partial charge < -0.3 is 15.3 Å². The predicted octanol–water partition coefficient (Wildman–Crippen LogP) is 0.323. The van der Waals surface area contributed by atoms with Gasteiger partial charge in [-0.15, -0.1) is 0 Å². The van der Waals surface area contributed by atoms with Crippen LogP contribution < -0.4 is 0 Å². The van der Waals surface area contributed by atoms with Gasteiger partial charge in [0.15, 0.2) is 6.10 Å². The van der Waals surface area contributed by atoms with Gasteiger partial charge in [0.1, 0.15) is 0 Å². The minimum atomic E-state index is -1.18. The third-order valence-electron chi connectivity index (χ3n) is 0.974. The molecule has 0 aliphatic heterocycles. The van der Waals surface area contributed by atoms with Crippen LogP contribution in [-0.2, 0) is 9.59 Å². The van der Waals surface area contributed by atoms with E-state index in [0.717, 1.165) is 0 Å². The fourth-order valence-electron chi connectivity index (χ4n) is 0.175. The van der Waals surface area contributed by atoms with Gasteiger partial charge in [-0.2, -0.15) is 0 Å². The van der Waals surface area contributed by atoms with Gasteiger partial charge in [0.2, 0.25) is 0 Å². The Labute approximate surface area is 70.6 Å². The summed E-state index contributed by atoms with van der Waals surface area (Å²) in [5, 5.41) is 24.0. The van der Waals surface area contributed by atoms with Crippen LogP contribution in [0.25, 0.3) is 0 Å². The molecular weight excluding hydrogens is 164 g/mol. The largest absolute Gasteiger partial charge is 0.481 e. The monoisotopic (exact) mass is 178 g/mol. The Morgan fingerprint density at radius 1 is 1.25 bits per heavy atom. The van der Waals surface area contributed by atoms with Crippen molar-refractivity contribution in [2.75, 3.05) is 0 Å². The first-order chi connectivity index (χ1) is 5.45. The number of aliphatic hydroxyl groups is 1. The van der Waals surface area contributed by atoms with Crippen molar-refractivity contribution in [3.05, 3.63) is 0 Å². The number of aliphatic hydroxyl groups excluding tert-OH is 1. The van der Waals surface area contributed by atoms with Crippen molar-refractivity contribution in [3.63, 3.8) is 0 Å². The Bertz CT molecular complexity index is 143. The summed E-state index contributed by atoms with van der Waals surface area (Å²) in [5.41, 5.74) is 0. The summed E-state index contributed by atoms with van der Waals surface area (Å²) in [5.74, 6) is -1.90. The van der Waals surface area contributed by atoms with E-state index in [0.29, 0.717) is 0 Å². The third-order valence-corrected chi connectivity index (χ3v) is 0.974. The highest BCUT2D eigenvalue weighted by Crippen LogP contribution is 1.86. The molecule has 12 heavy (non-hydrogen) atoms. The second-order valence-electron chi connectivity index (χ2n) is 2.01. The van der Waals surface area contributed by atoms with Gasteiger partial charge in [-0.05, 0) is 6.42 Å². The molecule has 0 heterocycles. The maximum absolute atomic E-state index is 9.68. The number of rotatable bonds is 3. The van der Waals surface area contributed by atoms with Crippen LogP contribution in [0.3, 0.4) is 0 Å². The highest BCUT2D eigenvalue weighted by atomic mass is 16.4. The molecule has 0 aromatic carbocycles. The summed E-state index contributed by atoms with van der Waals surface area (Å²) in [4.78, 5) is 19.0. The molecule has 0 rings (SSSR count). The number of carbonyl (C=O) groups is 2. The summed E-state index contributed by atoms with van der Waals surface area (Å²) in [6.07, 6.45) is -0.685. The van der Waals surface area contributed by atoms with E-state index in [1.54, 1.807) is 13.8 Å². The summed E-state index contributed by atoms with van der Waals surface area (Å²) in [7, 11) is 0. The standard InChI is InChI=1S/C4H8O3.C3H6O2/c1-2-3(5)4(6)7;1-2-3(4)5/h3,5H,2H2,1H3,(H,6,7);2H2,1H3,(H,4,5). The van der Waals surface area contributed by atoms with Crippen LogP contribution >= 0.6 is 0 Å².